The van der Waals surface area contributed by atoms with Gasteiger partial charge in [0.25, 0.3) is 0 Å². The van der Waals surface area contributed by atoms with Crippen LogP contribution in [0.15, 0.2) is 42.5 Å². The fourth-order valence-electron chi connectivity index (χ4n) is 2.43. The van der Waals surface area contributed by atoms with Crippen molar-refractivity contribution >= 4 is 11.9 Å². The number of hydrogen-bond acceptors (Lipinski definition) is 2. The summed E-state index contributed by atoms with van der Waals surface area (Å²) in [6.45, 7) is 14.4. The Balaban J connectivity index is 0.000000567. The van der Waals surface area contributed by atoms with E-state index in [1.807, 2.05) is 6.07 Å². The smallest absolute Gasteiger partial charge is 0.335 e. The van der Waals surface area contributed by atoms with Gasteiger partial charge >= 0.3 is 11.9 Å². The van der Waals surface area contributed by atoms with Crippen molar-refractivity contribution in [3.63, 3.8) is 0 Å². The summed E-state index contributed by atoms with van der Waals surface area (Å²) in [5, 5.41) is 17.7. The Morgan fingerprint density at radius 2 is 1.18 bits per heavy atom. The number of carboxylic acid groups (broad SMARTS) is 2. The summed E-state index contributed by atoms with van der Waals surface area (Å²) in [7, 11) is 0. The average Bonchev–Trinajstić information content (AvgIpc) is 2.53. The zero-order valence-corrected chi connectivity index (χ0v) is 20.9. The van der Waals surface area contributed by atoms with E-state index in [0.717, 1.165) is 16.7 Å². The molecule has 0 unspecified atom stereocenters. The van der Waals surface area contributed by atoms with E-state index < -0.39 is 11.9 Å². The number of carbonyl (C=O) groups is 2. The quantitative estimate of drug-likeness (QED) is 0.596. The van der Waals surface area contributed by atoms with Crippen LogP contribution in [0.1, 0.15) is 78.9 Å². The van der Waals surface area contributed by atoms with Crippen molar-refractivity contribution < 1.29 is 39.3 Å². The summed E-state index contributed by atoms with van der Waals surface area (Å²) >= 11 is 0. The molecular weight excluding hydrogens is 406 g/mol. The third-order valence-electron chi connectivity index (χ3n) is 4.29. The van der Waals surface area contributed by atoms with Gasteiger partial charge in [-0.2, -0.15) is 0 Å². The number of carboxylic acids is 2. The van der Waals surface area contributed by atoms with Crippen LogP contribution in [-0.4, -0.2) is 22.2 Å². The van der Waals surface area contributed by atoms with Crippen LogP contribution in [0.2, 0.25) is 0 Å². The van der Waals surface area contributed by atoms with Crippen molar-refractivity contribution in [3.05, 3.63) is 70.3 Å². The number of hydrogen-bond donors (Lipinski definition) is 2. The van der Waals surface area contributed by atoms with Gasteiger partial charge in [0, 0.05) is 19.5 Å². The van der Waals surface area contributed by atoms with Crippen molar-refractivity contribution in [2.24, 2.45) is 0 Å². The number of aryl methyl sites for hydroxylation is 1. The largest absolute Gasteiger partial charge is 0.478 e. The molecule has 2 aromatic carbocycles. The van der Waals surface area contributed by atoms with Crippen molar-refractivity contribution in [2.75, 3.05) is 0 Å². The molecule has 0 saturated heterocycles. The monoisotopic (exact) mass is 434 g/mol. The molecule has 0 aliphatic carbocycles. The topological polar surface area (TPSA) is 74.6 Å². The third-order valence-corrected chi connectivity index (χ3v) is 4.29. The van der Waals surface area contributed by atoms with Gasteiger partial charge in [0.05, 0.1) is 11.1 Å². The molecule has 0 saturated carbocycles. The van der Waals surface area contributed by atoms with Crippen LogP contribution in [0.4, 0.5) is 0 Å². The van der Waals surface area contributed by atoms with Crippen molar-refractivity contribution in [1.82, 2.24) is 0 Å². The molecule has 2 N–H and O–H groups in total. The molecule has 0 aliphatic heterocycles. The molecule has 28 heavy (non-hydrogen) atoms. The fraction of sp³-hybridized carbons (Fsp3) is 0.391. The Morgan fingerprint density at radius 3 is 1.46 bits per heavy atom. The minimum Gasteiger partial charge on any atom is -0.478 e. The maximum absolute atomic E-state index is 11.2. The third kappa shape index (κ3) is 7.55. The minimum absolute atomic E-state index is 0. The van der Waals surface area contributed by atoms with Crippen molar-refractivity contribution in [1.29, 1.82) is 0 Å². The van der Waals surface area contributed by atoms with Crippen LogP contribution in [0, 0.1) is 6.92 Å². The summed E-state index contributed by atoms with van der Waals surface area (Å²) in [6.07, 6.45) is 0. The van der Waals surface area contributed by atoms with Crippen LogP contribution < -0.4 is 0 Å². The van der Waals surface area contributed by atoms with Crippen molar-refractivity contribution in [2.45, 2.75) is 59.3 Å². The molecule has 0 heterocycles. The van der Waals surface area contributed by atoms with Gasteiger partial charge in [-0.05, 0) is 52.6 Å². The number of benzene rings is 2. The Bertz CT molecular complexity index is 795. The predicted octanol–water partition coefficient (Wildman–Crippen LogP) is 5.67. The first-order valence-electron chi connectivity index (χ1n) is 8.91. The summed E-state index contributed by atoms with van der Waals surface area (Å²) in [5.74, 6) is -1.72. The standard InChI is InChI=1S/C15H22O2.C8H8O2.Zn/c1-14(2,3)11-7-10(13(16)17)8-12(9-11)15(4,5)6;1-6-4-2-3-5-7(6)8(9)10;/h7-9H,1-6H3,(H,16,17);2-5H,1H3,(H,9,10);. The summed E-state index contributed by atoms with van der Waals surface area (Å²) in [6, 6.07) is 12.6. The molecule has 4 nitrogen and oxygen atoms in total. The van der Waals surface area contributed by atoms with E-state index in [0.29, 0.717) is 11.1 Å². The maximum atomic E-state index is 11.2. The van der Waals surface area contributed by atoms with Gasteiger partial charge in [-0.1, -0.05) is 65.8 Å². The van der Waals surface area contributed by atoms with E-state index >= 15 is 0 Å². The van der Waals surface area contributed by atoms with Gasteiger partial charge < -0.3 is 10.2 Å². The molecule has 0 aliphatic rings. The first-order chi connectivity index (χ1) is 12.2. The molecule has 0 spiro atoms. The van der Waals surface area contributed by atoms with Crippen LogP contribution >= 0.6 is 0 Å². The van der Waals surface area contributed by atoms with Gasteiger partial charge in [-0.3, -0.25) is 0 Å². The summed E-state index contributed by atoms with van der Waals surface area (Å²) in [4.78, 5) is 21.6. The second-order valence-corrected chi connectivity index (χ2v) is 8.72. The van der Waals surface area contributed by atoms with Crippen molar-refractivity contribution in [3.8, 4) is 0 Å². The fourth-order valence-corrected chi connectivity index (χ4v) is 2.43. The molecule has 2 rings (SSSR count). The molecule has 0 bridgehead atoms. The van der Waals surface area contributed by atoms with E-state index in [9.17, 15) is 9.59 Å². The zero-order valence-electron chi connectivity index (χ0n) is 18.0. The Morgan fingerprint density at radius 1 is 0.750 bits per heavy atom. The van der Waals surface area contributed by atoms with E-state index in [2.05, 4.69) is 47.6 Å². The summed E-state index contributed by atoms with van der Waals surface area (Å²) in [5.41, 5.74) is 3.63. The van der Waals surface area contributed by atoms with Gasteiger partial charge in [-0.15, -0.1) is 0 Å². The Labute approximate surface area is 180 Å². The number of aromatic carboxylic acids is 2. The summed E-state index contributed by atoms with van der Waals surface area (Å²) < 4.78 is 0. The van der Waals surface area contributed by atoms with E-state index in [4.69, 9.17) is 10.2 Å². The Kier molecular flexibility index (Phi) is 9.26. The van der Waals surface area contributed by atoms with Crippen LogP contribution in [0.3, 0.4) is 0 Å². The maximum Gasteiger partial charge on any atom is 0.335 e. The molecule has 0 fully saturated rings. The SMILES string of the molecule is CC(C)(C)c1cc(C(=O)O)cc(C(C)(C)C)c1.Cc1ccccc1C(=O)O.[Zn]. The predicted molar refractivity (Wildman–Crippen MR) is 109 cm³/mol. The minimum atomic E-state index is -0.863. The van der Waals surface area contributed by atoms with Crippen LogP contribution in [0.25, 0.3) is 0 Å². The van der Waals surface area contributed by atoms with E-state index in [-0.39, 0.29) is 30.3 Å². The molecule has 0 aromatic heterocycles. The Hall–Kier alpha value is -2.00. The van der Waals surface area contributed by atoms with Gasteiger partial charge in [0.15, 0.2) is 0 Å². The zero-order chi connectivity index (χ0) is 21.0. The molecule has 0 radical (unpaired) electrons. The second kappa shape index (κ2) is 9.97. The van der Waals surface area contributed by atoms with E-state index in [1.165, 1.54) is 0 Å². The normalized spacial score (nSPS) is 11.0. The molecular formula is C23H30O4Zn. The molecule has 0 amide bonds. The molecule has 2 aromatic rings. The van der Waals surface area contributed by atoms with E-state index in [1.54, 1.807) is 37.3 Å². The van der Waals surface area contributed by atoms with Crippen LogP contribution in [-0.2, 0) is 30.3 Å². The van der Waals surface area contributed by atoms with Gasteiger partial charge in [0.2, 0.25) is 0 Å². The number of rotatable bonds is 2. The molecule has 0 atom stereocenters. The molecule has 148 valence electrons. The van der Waals surface area contributed by atoms with Gasteiger partial charge in [-0.25, -0.2) is 9.59 Å². The first kappa shape index (κ1) is 26.0. The van der Waals surface area contributed by atoms with Gasteiger partial charge in [0.1, 0.15) is 0 Å². The average molecular weight is 436 g/mol. The van der Waals surface area contributed by atoms with Crippen LogP contribution in [0.5, 0.6) is 0 Å². The molecule has 5 heteroatoms. The second-order valence-electron chi connectivity index (χ2n) is 8.72. The first-order valence-corrected chi connectivity index (χ1v) is 8.91.